The molecule has 0 bridgehead atoms. The van der Waals surface area contributed by atoms with Crippen molar-refractivity contribution in [1.82, 2.24) is 9.97 Å². The number of halogens is 3. The number of aryl methyl sites for hydroxylation is 1. The molecule has 2 aromatic rings. The zero-order chi connectivity index (χ0) is 15.2. The van der Waals surface area contributed by atoms with Crippen LogP contribution in [0.4, 0.5) is 13.2 Å². The van der Waals surface area contributed by atoms with Crippen LogP contribution in [0.1, 0.15) is 48.6 Å². The quantitative estimate of drug-likeness (QED) is 0.839. The van der Waals surface area contributed by atoms with Gasteiger partial charge >= 0.3 is 6.18 Å². The summed E-state index contributed by atoms with van der Waals surface area (Å²) in [5.74, 6) is 0.612. The maximum absolute atomic E-state index is 13.2. The molecule has 114 valence electrons. The number of benzene rings is 1. The van der Waals surface area contributed by atoms with Gasteiger partial charge in [-0.1, -0.05) is 12.8 Å². The van der Waals surface area contributed by atoms with Gasteiger partial charge in [0, 0.05) is 12.0 Å². The third-order valence-electron chi connectivity index (χ3n) is 4.23. The molecule has 1 aromatic carbocycles. The molecule has 0 amide bonds. The number of nitrogens with one attached hydrogen (secondary N) is 1. The Kier molecular flexibility index (Phi) is 3.43. The first-order valence-corrected chi connectivity index (χ1v) is 7.19. The Morgan fingerprint density at radius 1 is 1.24 bits per heavy atom. The molecular weight excluding hydrogens is 279 g/mol. The van der Waals surface area contributed by atoms with E-state index >= 15 is 0 Å². The molecule has 0 aliphatic heterocycles. The Morgan fingerprint density at radius 2 is 1.95 bits per heavy atom. The minimum absolute atomic E-state index is 0.0209. The van der Waals surface area contributed by atoms with Crippen LogP contribution in [0, 0.1) is 6.92 Å². The molecule has 6 heteroatoms. The van der Waals surface area contributed by atoms with Crippen molar-refractivity contribution in [3.05, 3.63) is 29.1 Å². The number of H-pyrrole nitrogens is 1. The summed E-state index contributed by atoms with van der Waals surface area (Å²) >= 11 is 0. The minimum atomic E-state index is -4.39. The molecule has 1 fully saturated rings. The van der Waals surface area contributed by atoms with E-state index < -0.39 is 11.7 Å². The van der Waals surface area contributed by atoms with Crippen molar-refractivity contribution in [2.45, 2.75) is 50.7 Å². The van der Waals surface area contributed by atoms with E-state index in [1.807, 2.05) is 0 Å². The Balaban J connectivity index is 2.11. The lowest BCUT2D eigenvalue weighted by molar-refractivity contribution is -0.136. The lowest BCUT2D eigenvalue weighted by Gasteiger charge is -2.26. The van der Waals surface area contributed by atoms with Gasteiger partial charge in [-0.05, 0) is 37.5 Å². The number of hydrogen-bond acceptors (Lipinski definition) is 2. The second kappa shape index (κ2) is 5.02. The van der Waals surface area contributed by atoms with E-state index in [2.05, 4.69) is 9.97 Å². The monoisotopic (exact) mass is 297 g/mol. The van der Waals surface area contributed by atoms with Gasteiger partial charge in [-0.2, -0.15) is 13.2 Å². The van der Waals surface area contributed by atoms with Gasteiger partial charge < -0.3 is 10.7 Å². The fourth-order valence-electron chi connectivity index (χ4n) is 3.17. The van der Waals surface area contributed by atoms with Gasteiger partial charge in [-0.3, -0.25) is 0 Å². The van der Waals surface area contributed by atoms with Crippen molar-refractivity contribution in [3.8, 4) is 0 Å². The smallest absolute Gasteiger partial charge is 0.341 e. The van der Waals surface area contributed by atoms with Gasteiger partial charge in [0.05, 0.1) is 16.6 Å². The highest BCUT2D eigenvalue weighted by Gasteiger charge is 2.35. The summed E-state index contributed by atoms with van der Waals surface area (Å²) in [6.07, 6.45) is -0.498. The fourth-order valence-corrected chi connectivity index (χ4v) is 3.17. The largest absolute Gasteiger partial charge is 0.418 e. The molecule has 3 nitrogen and oxygen atoms in total. The molecule has 1 heterocycles. The van der Waals surface area contributed by atoms with E-state index in [9.17, 15) is 13.2 Å². The van der Waals surface area contributed by atoms with E-state index in [0.717, 1.165) is 31.7 Å². The first-order valence-electron chi connectivity index (χ1n) is 7.19. The topological polar surface area (TPSA) is 54.7 Å². The van der Waals surface area contributed by atoms with Gasteiger partial charge in [0.25, 0.3) is 0 Å². The van der Waals surface area contributed by atoms with Crippen LogP contribution in [0.15, 0.2) is 12.1 Å². The number of fused-ring (bicyclic) bond motifs is 1. The Morgan fingerprint density at radius 3 is 2.62 bits per heavy atom. The van der Waals surface area contributed by atoms with Crippen LogP contribution in [0.25, 0.3) is 11.0 Å². The fraction of sp³-hybridized carbons (Fsp3) is 0.533. The van der Waals surface area contributed by atoms with Crippen LogP contribution >= 0.6 is 0 Å². The average molecular weight is 297 g/mol. The number of imidazole rings is 1. The number of nitrogens with zero attached hydrogens (tertiary/aromatic N) is 1. The van der Waals surface area contributed by atoms with Crippen molar-refractivity contribution in [1.29, 1.82) is 0 Å². The lowest BCUT2D eigenvalue weighted by atomic mass is 9.84. The molecule has 3 N–H and O–H groups in total. The van der Waals surface area contributed by atoms with Crippen LogP contribution in [-0.4, -0.2) is 16.0 Å². The zero-order valence-electron chi connectivity index (χ0n) is 11.8. The van der Waals surface area contributed by atoms with Gasteiger partial charge in [-0.15, -0.1) is 0 Å². The van der Waals surface area contributed by atoms with Crippen LogP contribution in [0.3, 0.4) is 0 Å². The number of rotatable bonds is 1. The molecule has 0 radical (unpaired) electrons. The van der Waals surface area contributed by atoms with E-state index in [0.29, 0.717) is 16.9 Å². The van der Waals surface area contributed by atoms with Crippen LogP contribution < -0.4 is 5.73 Å². The summed E-state index contributed by atoms with van der Waals surface area (Å²) in [7, 11) is 0. The number of nitrogens with two attached hydrogens (primary N) is 1. The minimum Gasteiger partial charge on any atom is -0.341 e. The van der Waals surface area contributed by atoms with Crippen LogP contribution in [-0.2, 0) is 6.18 Å². The number of hydrogen-bond donors (Lipinski definition) is 2. The summed E-state index contributed by atoms with van der Waals surface area (Å²) in [6.45, 7) is 1.65. The second-order valence-corrected chi connectivity index (χ2v) is 5.88. The molecule has 0 saturated heterocycles. The lowest BCUT2D eigenvalue weighted by Crippen LogP contribution is -2.31. The highest BCUT2D eigenvalue weighted by molar-refractivity contribution is 5.80. The number of aromatic nitrogens is 2. The summed E-state index contributed by atoms with van der Waals surface area (Å²) in [5.41, 5.74) is 6.45. The maximum Gasteiger partial charge on any atom is 0.418 e. The molecule has 21 heavy (non-hydrogen) atoms. The summed E-state index contributed by atoms with van der Waals surface area (Å²) in [4.78, 5) is 7.27. The molecule has 3 rings (SSSR count). The van der Waals surface area contributed by atoms with Gasteiger partial charge in [0.2, 0.25) is 0 Å². The van der Waals surface area contributed by atoms with Crippen molar-refractivity contribution >= 4 is 11.0 Å². The van der Waals surface area contributed by atoms with Crippen molar-refractivity contribution in [2.24, 2.45) is 5.73 Å². The van der Waals surface area contributed by atoms with Gasteiger partial charge in [-0.25, -0.2) is 4.98 Å². The van der Waals surface area contributed by atoms with Crippen molar-refractivity contribution < 1.29 is 13.2 Å². The van der Waals surface area contributed by atoms with Gasteiger partial charge in [0.15, 0.2) is 0 Å². The number of alkyl halides is 3. The molecule has 1 unspecified atom stereocenters. The highest BCUT2D eigenvalue weighted by Crippen LogP contribution is 2.37. The van der Waals surface area contributed by atoms with E-state index in [1.54, 1.807) is 13.0 Å². The maximum atomic E-state index is 13.2. The summed E-state index contributed by atoms with van der Waals surface area (Å²) < 4.78 is 39.5. The van der Waals surface area contributed by atoms with Crippen LogP contribution in [0.5, 0.6) is 0 Å². The Hall–Kier alpha value is -1.56. The molecule has 1 aliphatic carbocycles. The van der Waals surface area contributed by atoms with E-state index in [-0.39, 0.29) is 17.5 Å². The normalized spacial score (nSPS) is 23.7. The Labute approximate surface area is 120 Å². The van der Waals surface area contributed by atoms with E-state index in [1.165, 1.54) is 0 Å². The third-order valence-corrected chi connectivity index (χ3v) is 4.23. The average Bonchev–Trinajstić information content (AvgIpc) is 2.80. The Bertz CT molecular complexity index is 660. The molecular formula is C15H18F3N3. The molecule has 0 spiro atoms. The second-order valence-electron chi connectivity index (χ2n) is 5.88. The highest BCUT2D eigenvalue weighted by atomic mass is 19.4. The molecule has 1 aliphatic rings. The zero-order valence-corrected chi connectivity index (χ0v) is 11.8. The molecule has 2 atom stereocenters. The summed E-state index contributed by atoms with van der Waals surface area (Å²) in [6, 6.07) is 2.80. The molecule has 1 aromatic heterocycles. The predicted octanol–water partition coefficient (Wildman–Crippen LogP) is 3.88. The summed E-state index contributed by atoms with van der Waals surface area (Å²) in [5, 5.41) is 0. The van der Waals surface area contributed by atoms with Crippen molar-refractivity contribution in [2.75, 3.05) is 0 Å². The van der Waals surface area contributed by atoms with Crippen molar-refractivity contribution in [3.63, 3.8) is 0 Å². The predicted molar refractivity (Wildman–Crippen MR) is 75.0 cm³/mol. The number of aromatic amines is 1. The van der Waals surface area contributed by atoms with E-state index in [4.69, 9.17) is 5.73 Å². The first kappa shape index (κ1) is 14.4. The standard InChI is InChI=1S/C15H18F3N3/c1-8-6-10(15(16,17)18)13-12(7-8)20-14(21-13)9-4-2-3-5-11(9)19/h6-7,9,11H,2-5,19H2,1H3,(H,20,21)/t9?,11-/m1/s1. The first-order chi connectivity index (χ1) is 9.86. The van der Waals surface area contributed by atoms with Gasteiger partial charge in [0.1, 0.15) is 5.82 Å². The third kappa shape index (κ3) is 2.64. The molecule has 1 saturated carbocycles. The SMILES string of the molecule is Cc1cc(C(F)(F)F)c2[nH]c(C3CCCC[C@H]3N)nc2c1. The van der Waals surface area contributed by atoms with Crippen LogP contribution in [0.2, 0.25) is 0 Å².